The van der Waals surface area contributed by atoms with Gasteiger partial charge in [0.15, 0.2) is 5.65 Å². The van der Waals surface area contributed by atoms with E-state index >= 15 is 0 Å². The Balaban J connectivity index is 2.45. The van der Waals surface area contributed by atoms with Gasteiger partial charge in [-0.15, -0.1) is 0 Å². The lowest BCUT2D eigenvalue weighted by atomic mass is 10.2. The van der Waals surface area contributed by atoms with E-state index in [1.54, 1.807) is 6.33 Å². The summed E-state index contributed by atoms with van der Waals surface area (Å²) in [7, 11) is 0. The Labute approximate surface area is 108 Å². The van der Waals surface area contributed by atoms with Crippen LogP contribution in [0.15, 0.2) is 18.5 Å². The molecule has 0 spiro atoms. The minimum absolute atomic E-state index is 0.408. The van der Waals surface area contributed by atoms with E-state index < -0.39 is 0 Å². The minimum Gasteiger partial charge on any atom is -0.354 e. The molecule has 0 radical (unpaired) electrons. The smallest absolute Gasteiger partial charge is 0.157 e. The van der Waals surface area contributed by atoms with E-state index in [0.717, 1.165) is 24.4 Å². The van der Waals surface area contributed by atoms with E-state index in [9.17, 15) is 0 Å². The predicted octanol–water partition coefficient (Wildman–Crippen LogP) is 1.60. The fourth-order valence-corrected chi connectivity index (χ4v) is 2.14. The van der Waals surface area contributed by atoms with Crippen molar-refractivity contribution in [3.05, 3.63) is 24.0 Å². The summed E-state index contributed by atoms with van der Waals surface area (Å²) in [5, 5.41) is 4.30. The Morgan fingerprint density at radius 1 is 1.39 bits per heavy atom. The first-order valence-electron chi connectivity index (χ1n) is 6.40. The molecule has 0 saturated heterocycles. The fraction of sp³-hybridized carbons (Fsp3) is 0.538. The number of nitrogens with zero attached hydrogens (tertiary/aromatic N) is 4. The monoisotopic (exact) mass is 247 g/mol. The highest BCUT2D eigenvalue weighted by Gasteiger charge is 2.14. The first-order chi connectivity index (χ1) is 8.63. The van der Waals surface area contributed by atoms with Crippen molar-refractivity contribution in [3.8, 4) is 0 Å². The highest BCUT2D eigenvalue weighted by Crippen LogP contribution is 2.20. The van der Waals surface area contributed by atoms with Gasteiger partial charge in [-0.05, 0) is 51.4 Å². The highest BCUT2D eigenvalue weighted by molar-refractivity contribution is 5.53. The minimum atomic E-state index is 0.408. The highest BCUT2D eigenvalue weighted by atomic mass is 15.4. The van der Waals surface area contributed by atoms with Gasteiger partial charge in [-0.1, -0.05) is 0 Å². The van der Waals surface area contributed by atoms with E-state index in [2.05, 4.69) is 41.8 Å². The van der Waals surface area contributed by atoms with Crippen molar-refractivity contribution in [3.63, 3.8) is 0 Å². The van der Waals surface area contributed by atoms with Gasteiger partial charge in [0.2, 0.25) is 0 Å². The van der Waals surface area contributed by atoms with Crippen LogP contribution in [-0.2, 0) is 0 Å². The molecule has 98 valence electrons. The van der Waals surface area contributed by atoms with Gasteiger partial charge >= 0.3 is 0 Å². The second-order valence-corrected chi connectivity index (χ2v) is 4.85. The lowest BCUT2D eigenvalue weighted by Crippen LogP contribution is -2.34. The van der Waals surface area contributed by atoms with E-state index in [1.165, 1.54) is 5.56 Å². The summed E-state index contributed by atoms with van der Waals surface area (Å²) in [6, 6.07) is 4.60. The molecule has 2 aromatic rings. The summed E-state index contributed by atoms with van der Waals surface area (Å²) in [4.78, 5) is 6.58. The third kappa shape index (κ3) is 2.46. The maximum Gasteiger partial charge on any atom is 0.157 e. The predicted molar refractivity (Wildman–Crippen MR) is 73.9 cm³/mol. The molecule has 0 aliphatic carbocycles. The topological polar surface area (TPSA) is 59.5 Å². The molecule has 2 rings (SSSR count). The van der Waals surface area contributed by atoms with Crippen molar-refractivity contribution in [2.24, 2.45) is 5.73 Å². The molecular formula is C13H21N5. The molecule has 0 bridgehead atoms. The van der Waals surface area contributed by atoms with Gasteiger partial charge in [-0.2, -0.15) is 9.61 Å². The zero-order chi connectivity index (χ0) is 13.1. The van der Waals surface area contributed by atoms with Crippen LogP contribution in [0.3, 0.4) is 0 Å². The summed E-state index contributed by atoms with van der Waals surface area (Å²) in [6.07, 6.45) is 2.57. The Bertz CT molecular complexity index is 517. The number of pyridine rings is 1. The van der Waals surface area contributed by atoms with Crippen molar-refractivity contribution in [1.82, 2.24) is 14.6 Å². The Morgan fingerprint density at radius 2 is 2.17 bits per heavy atom. The molecule has 5 nitrogen and oxygen atoms in total. The van der Waals surface area contributed by atoms with Crippen molar-refractivity contribution in [2.75, 3.05) is 18.0 Å². The molecule has 0 unspecified atom stereocenters. The quantitative estimate of drug-likeness (QED) is 0.872. The number of hydrogen-bond donors (Lipinski definition) is 1. The number of nitrogens with two attached hydrogens (primary N) is 1. The molecule has 0 atom stereocenters. The molecule has 0 aliphatic rings. The number of fused-ring (bicyclic) bond motifs is 1. The van der Waals surface area contributed by atoms with Gasteiger partial charge in [0.1, 0.15) is 12.1 Å². The molecule has 2 aromatic heterocycles. The molecule has 0 aromatic carbocycles. The van der Waals surface area contributed by atoms with E-state index in [0.29, 0.717) is 12.6 Å². The zero-order valence-electron chi connectivity index (χ0n) is 11.3. The first-order valence-corrected chi connectivity index (χ1v) is 6.40. The number of aryl methyl sites for hydroxylation is 1. The maximum absolute atomic E-state index is 5.62. The maximum atomic E-state index is 5.62. The number of rotatable bonds is 5. The Hall–Kier alpha value is -1.62. The van der Waals surface area contributed by atoms with Crippen LogP contribution in [0.1, 0.15) is 25.8 Å². The second kappa shape index (κ2) is 5.35. The standard InChI is InChI=1S/C13H21N5/c1-10(2)17(6-4-5-14)13-8-11(3)7-12-15-9-16-18(12)13/h7-10H,4-6,14H2,1-3H3. The average molecular weight is 247 g/mol. The third-order valence-corrected chi connectivity index (χ3v) is 3.03. The van der Waals surface area contributed by atoms with Crippen LogP contribution in [0.2, 0.25) is 0 Å². The summed E-state index contributed by atoms with van der Waals surface area (Å²) >= 11 is 0. The van der Waals surface area contributed by atoms with Gasteiger partial charge < -0.3 is 10.6 Å². The molecule has 0 amide bonds. The number of aromatic nitrogens is 3. The van der Waals surface area contributed by atoms with Crippen LogP contribution in [0.25, 0.3) is 5.65 Å². The van der Waals surface area contributed by atoms with Gasteiger partial charge in [-0.25, -0.2) is 4.98 Å². The Kier molecular flexibility index (Phi) is 3.81. The van der Waals surface area contributed by atoms with E-state index in [4.69, 9.17) is 5.73 Å². The third-order valence-electron chi connectivity index (χ3n) is 3.03. The molecule has 18 heavy (non-hydrogen) atoms. The normalized spacial score (nSPS) is 11.4. The van der Waals surface area contributed by atoms with E-state index in [1.807, 2.05) is 10.6 Å². The van der Waals surface area contributed by atoms with Crippen LogP contribution in [-0.4, -0.2) is 33.7 Å². The van der Waals surface area contributed by atoms with Crippen LogP contribution >= 0.6 is 0 Å². The molecule has 2 N–H and O–H groups in total. The Morgan fingerprint density at radius 3 is 2.83 bits per heavy atom. The first kappa shape index (κ1) is 12.8. The van der Waals surface area contributed by atoms with Crippen molar-refractivity contribution in [2.45, 2.75) is 33.2 Å². The van der Waals surface area contributed by atoms with Crippen LogP contribution in [0.5, 0.6) is 0 Å². The summed E-state index contributed by atoms with van der Waals surface area (Å²) < 4.78 is 1.89. The summed E-state index contributed by atoms with van der Waals surface area (Å²) in [5.41, 5.74) is 7.71. The van der Waals surface area contributed by atoms with Crippen molar-refractivity contribution < 1.29 is 0 Å². The molecular weight excluding hydrogens is 226 g/mol. The largest absolute Gasteiger partial charge is 0.354 e. The molecule has 0 saturated carbocycles. The number of anilines is 1. The SMILES string of the molecule is Cc1cc(N(CCCN)C(C)C)n2ncnc2c1. The average Bonchev–Trinajstić information content (AvgIpc) is 2.76. The molecule has 0 aliphatic heterocycles. The molecule has 2 heterocycles. The fourth-order valence-electron chi connectivity index (χ4n) is 2.14. The molecule has 0 fully saturated rings. The number of hydrogen-bond acceptors (Lipinski definition) is 4. The van der Waals surface area contributed by atoms with Gasteiger partial charge in [0, 0.05) is 12.6 Å². The van der Waals surface area contributed by atoms with Gasteiger partial charge in [-0.3, -0.25) is 0 Å². The van der Waals surface area contributed by atoms with Crippen molar-refractivity contribution >= 4 is 11.5 Å². The van der Waals surface area contributed by atoms with Gasteiger partial charge in [0.05, 0.1) is 0 Å². The summed E-state index contributed by atoms with van der Waals surface area (Å²) in [6.45, 7) is 8.09. The van der Waals surface area contributed by atoms with E-state index in [-0.39, 0.29) is 0 Å². The van der Waals surface area contributed by atoms with Crippen LogP contribution < -0.4 is 10.6 Å². The van der Waals surface area contributed by atoms with Crippen LogP contribution in [0, 0.1) is 6.92 Å². The molecule has 5 heteroatoms. The summed E-state index contributed by atoms with van der Waals surface area (Å²) in [5.74, 6) is 1.09. The van der Waals surface area contributed by atoms with Crippen LogP contribution in [0.4, 0.5) is 5.82 Å². The second-order valence-electron chi connectivity index (χ2n) is 4.85. The lowest BCUT2D eigenvalue weighted by molar-refractivity contribution is 0.638. The zero-order valence-corrected chi connectivity index (χ0v) is 11.3. The lowest BCUT2D eigenvalue weighted by Gasteiger charge is -2.29. The van der Waals surface area contributed by atoms with Crippen molar-refractivity contribution in [1.29, 1.82) is 0 Å². The van der Waals surface area contributed by atoms with Gasteiger partial charge in [0.25, 0.3) is 0 Å².